The van der Waals surface area contributed by atoms with E-state index in [-0.39, 0.29) is 6.09 Å². The monoisotopic (exact) mass is 472 g/mol. The number of ether oxygens (including phenoxy) is 3. The molecule has 1 amide bonds. The number of carbonyl (C=O) groups is 1. The standard InChI is InChI=1S/C27H41N3O4/c1-27(2,3)34-26(31)29-15-8-20-32-19-7-13-25-11-5-16-30(23-25)17-9-21-33-18-6-12-24-10-4-14-28-22-24/h4-5,10-11,14,16,22-23H,6-9,12-13,15,17-21H2,1-3H3/p+1. The van der Waals surface area contributed by atoms with Gasteiger partial charge < -0.3 is 19.5 Å². The summed E-state index contributed by atoms with van der Waals surface area (Å²) in [6, 6.07) is 8.35. The Morgan fingerprint density at radius 2 is 1.62 bits per heavy atom. The van der Waals surface area contributed by atoms with Crippen LogP contribution in [0.3, 0.4) is 0 Å². The quantitative estimate of drug-likeness (QED) is 0.292. The molecule has 0 fully saturated rings. The molecule has 0 aliphatic rings. The van der Waals surface area contributed by atoms with Gasteiger partial charge in [0.2, 0.25) is 0 Å². The normalized spacial score (nSPS) is 11.4. The molecule has 188 valence electrons. The lowest BCUT2D eigenvalue weighted by molar-refractivity contribution is -0.697. The summed E-state index contributed by atoms with van der Waals surface area (Å²) in [5, 5.41) is 2.74. The minimum absolute atomic E-state index is 0.378. The smallest absolute Gasteiger partial charge is 0.407 e. The van der Waals surface area contributed by atoms with Gasteiger partial charge in [-0.2, -0.15) is 0 Å². The van der Waals surface area contributed by atoms with Crippen LogP contribution in [0, 0.1) is 0 Å². The van der Waals surface area contributed by atoms with Crippen LogP contribution in [0.5, 0.6) is 0 Å². The topological polar surface area (TPSA) is 73.6 Å². The number of nitrogens with zero attached hydrogens (tertiary/aromatic N) is 2. The van der Waals surface area contributed by atoms with Crippen molar-refractivity contribution in [3.8, 4) is 0 Å². The summed E-state index contributed by atoms with van der Waals surface area (Å²) in [4.78, 5) is 15.7. The summed E-state index contributed by atoms with van der Waals surface area (Å²) in [6.45, 7) is 9.99. The molecule has 7 heteroatoms. The van der Waals surface area contributed by atoms with Crippen molar-refractivity contribution in [2.45, 2.75) is 71.4 Å². The fourth-order valence-electron chi connectivity index (χ4n) is 3.40. The van der Waals surface area contributed by atoms with E-state index in [0.717, 1.165) is 58.3 Å². The first-order valence-corrected chi connectivity index (χ1v) is 12.4. The Balaban J connectivity index is 1.46. The van der Waals surface area contributed by atoms with Gasteiger partial charge in [0.15, 0.2) is 18.9 Å². The molecule has 0 aromatic carbocycles. The van der Waals surface area contributed by atoms with Crippen LogP contribution >= 0.6 is 0 Å². The van der Waals surface area contributed by atoms with Gasteiger partial charge in [-0.1, -0.05) is 6.07 Å². The molecule has 7 nitrogen and oxygen atoms in total. The predicted molar refractivity (Wildman–Crippen MR) is 133 cm³/mol. The Hall–Kier alpha value is -2.51. The molecule has 2 aromatic heterocycles. The summed E-state index contributed by atoms with van der Waals surface area (Å²) in [6.07, 6.45) is 13.4. The van der Waals surface area contributed by atoms with E-state index in [0.29, 0.717) is 19.8 Å². The summed E-state index contributed by atoms with van der Waals surface area (Å²) in [7, 11) is 0. The van der Waals surface area contributed by atoms with Crippen molar-refractivity contribution in [3.63, 3.8) is 0 Å². The molecule has 0 aliphatic carbocycles. The van der Waals surface area contributed by atoms with E-state index in [1.54, 1.807) is 6.20 Å². The van der Waals surface area contributed by atoms with Crippen molar-refractivity contribution in [1.82, 2.24) is 10.3 Å². The molecule has 0 saturated heterocycles. The molecule has 2 aromatic rings. The highest BCUT2D eigenvalue weighted by Crippen LogP contribution is 2.06. The Morgan fingerprint density at radius 1 is 0.941 bits per heavy atom. The summed E-state index contributed by atoms with van der Waals surface area (Å²) in [5.74, 6) is 0. The first-order valence-electron chi connectivity index (χ1n) is 12.4. The molecule has 0 spiro atoms. The predicted octanol–water partition coefficient (Wildman–Crippen LogP) is 4.27. The number of rotatable bonds is 16. The van der Waals surface area contributed by atoms with Crippen LogP contribution in [0.4, 0.5) is 4.79 Å². The molecule has 2 heterocycles. The largest absolute Gasteiger partial charge is 0.444 e. The van der Waals surface area contributed by atoms with Crippen molar-refractivity contribution < 1.29 is 23.6 Å². The molecular weight excluding hydrogens is 430 g/mol. The molecule has 0 unspecified atom stereocenters. The zero-order valence-corrected chi connectivity index (χ0v) is 21.1. The van der Waals surface area contributed by atoms with E-state index in [9.17, 15) is 4.79 Å². The van der Waals surface area contributed by atoms with Gasteiger partial charge in [0, 0.05) is 56.8 Å². The number of nitrogens with one attached hydrogen (secondary N) is 1. The average Bonchev–Trinajstić information content (AvgIpc) is 2.80. The third kappa shape index (κ3) is 13.9. The first kappa shape index (κ1) is 27.7. The maximum atomic E-state index is 11.6. The van der Waals surface area contributed by atoms with Gasteiger partial charge in [-0.05, 0) is 70.6 Å². The number of hydrogen-bond acceptors (Lipinski definition) is 5. The van der Waals surface area contributed by atoms with Crippen LogP contribution in [-0.4, -0.2) is 49.7 Å². The van der Waals surface area contributed by atoms with Crippen LogP contribution < -0.4 is 9.88 Å². The molecule has 2 rings (SSSR count). The van der Waals surface area contributed by atoms with Crippen molar-refractivity contribution in [2.75, 3.05) is 33.0 Å². The second kappa shape index (κ2) is 16.2. The lowest BCUT2D eigenvalue weighted by atomic mass is 10.1. The van der Waals surface area contributed by atoms with E-state index >= 15 is 0 Å². The van der Waals surface area contributed by atoms with Crippen LogP contribution in [-0.2, 0) is 33.6 Å². The van der Waals surface area contributed by atoms with Gasteiger partial charge in [-0.3, -0.25) is 4.98 Å². The van der Waals surface area contributed by atoms with Crippen LogP contribution in [0.2, 0.25) is 0 Å². The van der Waals surface area contributed by atoms with Gasteiger partial charge in [0.25, 0.3) is 0 Å². The molecule has 34 heavy (non-hydrogen) atoms. The highest BCUT2D eigenvalue weighted by atomic mass is 16.6. The van der Waals surface area contributed by atoms with E-state index < -0.39 is 5.60 Å². The number of aromatic nitrogens is 2. The number of carbonyl (C=O) groups excluding carboxylic acids is 1. The summed E-state index contributed by atoms with van der Waals surface area (Å²) in [5.41, 5.74) is 2.11. The number of aryl methyl sites for hydroxylation is 3. The van der Waals surface area contributed by atoms with Gasteiger partial charge >= 0.3 is 6.09 Å². The fraction of sp³-hybridized carbons (Fsp3) is 0.593. The first-order chi connectivity index (χ1) is 16.4. The highest BCUT2D eigenvalue weighted by molar-refractivity contribution is 5.67. The molecule has 0 radical (unpaired) electrons. The lowest BCUT2D eigenvalue weighted by Gasteiger charge is -2.19. The average molecular weight is 473 g/mol. The summed E-state index contributed by atoms with van der Waals surface area (Å²) < 4.78 is 18.9. The molecule has 1 N–H and O–H groups in total. The van der Waals surface area contributed by atoms with Crippen molar-refractivity contribution in [1.29, 1.82) is 0 Å². The number of hydrogen-bond donors (Lipinski definition) is 1. The third-order valence-corrected chi connectivity index (χ3v) is 4.99. The third-order valence-electron chi connectivity index (χ3n) is 4.99. The van der Waals surface area contributed by atoms with Crippen LogP contribution in [0.1, 0.15) is 57.6 Å². The minimum atomic E-state index is -0.467. The van der Waals surface area contributed by atoms with Gasteiger partial charge in [0.1, 0.15) is 5.60 Å². The second-order valence-corrected chi connectivity index (χ2v) is 9.38. The van der Waals surface area contributed by atoms with E-state index in [1.807, 2.05) is 33.0 Å². The van der Waals surface area contributed by atoms with Gasteiger partial charge in [-0.15, -0.1) is 0 Å². The maximum Gasteiger partial charge on any atom is 0.407 e. The van der Waals surface area contributed by atoms with Crippen molar-refractivity contribution in [3.05, 3.63) is 60.2 Å². The highest BCUT2D eigenvalue weighted by Gasteiger charge is 2.15. The van der Waals surface area contributed by atoms with E-state index in [1.165, 1.54) is 11.1 Å². The summed E-state index contributed by atoms with van der Waals surface area (Å²) >= 11 is 0. The van der Waals surface area contributed by atoms with Crippen LogP contribution in [0.15, 0.2) is 49.1 Å². The number of alkyl carbamates (subject to hydrolysis) is 1. The zero-order chi connectivity index (χ0) is 24.5. The zero-order valence-electron chi connectivity index (χ0n) is 21.1. The maximum absolute atomic E-state index is 11.6. The lowest BCUT2D eigenvalue weighted by Crippen LogP contribution is -2.34. The van der Waals surface area contributed by atoms with Crippen molar-refractivity contribution in [2.24, 2.45) is 0 Å². The molecule has 0 atom stereocenters. The Bertz CT molecular complexity index is 809. The van der Waals surface area contributed by atoms with E-state index in [4.69, 9.17) is 14.2 Å². The Labute approximate surface area is 204 Å². The molecule has 0 aliphatic heterocycles. The van der Waals surface area contributed by atoms with E-state index in [2.05, 4.69) is 45.5 Å². The number of amides is 1. The van der Waals surface area contributed by atoms with Gasteiger partial charge in [0.05, 0.1) is 6.61 Å². The Kier molecular flexibility index (Phi) is 13.2. The SMILES string of the molecule is CC(C)(C)OC(=O)NCCCOCCCc1ccc[n+](CCCOCCCc2cccnc2)c1. The van der Waals surface area contributed by atoms with Gasteiger partial charge in [-0.25, -0.2) is 9.36 Å². The minimum Gasteiger partial charge on any atom is -0.444 e. The molecular formula is C27H42N3O4+. The van der Waals surface area contributed by atoms with Crippen LogP contribution in [0.25, 0.3) is 0 Å². The molecule has 0 saturated carbocycles. The van der Waals surface area contributed by atoms with Crippen molar-refractivity contribution >= 4 is 6.09 Å². The Morgan fingerprint density at radius 3 is 2.32 bits per heavy atom. The molecule has 0 bridgehead atoms. The second-order valence-electron chi connectivity index (χ2n) is 9.38. The fourth-order valence-corrected chi connectivity index (χ4v) is 3.40. The number of pyridine rings is 2.